The summed E-state index contributed by atoms with van der Waals surface area (Å²) in [6.45, 7) is 10.7. The Morgan fingerprint density at radius 3 is 1.91 bits per heavy atom. The lowest BCUT2D eigenvalue weighted by Gasteiger charge is -2.33. The monoisotopic (exact) mass is 487 g/mol. The minimum Gasteiger partial charge on any atom is -0.339 e. The van der Waals surface area contributed by atoms with Crippen molar-refractivity contribution in [2.45, 2.75) is 52.4 Å². The third-order valence-corrected chi connectivity index (χ3v) is 8.65. The van der Waals surface area contributed by atoms with E-state index in [-0.39, 0.29) is 17.7 Å². The smallest absolute Gasteiger partial charge is 0.246 e. The molecule has 0 radical (unpaired) electrons. The molecule has 180 valence electrons. The zero-order valence-electron chi connectivity index (χ0n) is 20.7. The third-order valence-electron chi connectivity index (χ3n) is 5.91. The first-order chi connectivity index (χ1) is 15.7. The normalized spacial score (nSPS) is 15.4. The average molecular weight is 488 g/mol. The Morgan fingerprint density at radius 1 is 0.970 bits per heavy atom. The highest BCUT2D eigenvalue weighted by molar-refractivity contribution is 7.18. The summed E-state index contributed by atoms with van der Waals surface area (Å²) < 4.78 is 0. The average Bonchev–Trinajstić information content (AvgIpc) is 3.44. The summed E-state index contributed by atoms with van der Waals surface area (Å²) in [4.78, 5) is 34.7. The number of rotatable bonds is 8. The van der Waals surface area contributed by atoms with Gasteiger partial charge in [0.2, 0.25) is 11.8 Å². The first-order valence-electron chi connectivity index (χ1n) is 11.8. The van der Waals surface area contributed by atoms with Crippen LogP contribution in [-0.4, -0.2) is 55.3 Å². The summed E-state index contributed by atoms with van der Waals surface area (Å²) in [5, 5.41) is 1.98. The molecule has 1 aliphatic rings. The minimum atomic E-state index is -0.0750. The van der Waals surface area contributed by atoms with Gasteiger partial charge in [-0.05, 0) is 63.0 Å². The largest absolute Gasteiger partial charge is 0.339 e. The predicted octanol–water partition coefficient (Wildman–Crippen LogP) is 6.08. The van der Waals surface area contributed by atoms with Crippen LogP contribution >= 0.6 is 22.7 Å². The maximum Gasteiger partial charge on any atom is 0.246 e. The molecule has 2 aromatic rings. The molecule has 7 heteroatoms. The van der Waals surface area contributed by atoms with Crippen molar-refractivity contribution < 1.29 is 9.59 Å². The van der Waals surface area contributed by atoms with Crippen molar-refractivity contribution in [3.05, 3.63) is 46.2 Å². The second-order valence-electron chi connectivity index (χ2n) is 9.60. The van der Waals surface area contributed by atoms with Crippen LogP contribution in [0.2, 0.25) is 0 Å². The molecule has 1 fully saturated rings. The van der Waals surface area contributed by atoms with Gasteiger partial charge in [0.25, 0.3) is 0 Å². The van der Waals surface area contributed by atoms with Crippen molar-refractivity contribution in [1.82, 2.24) is 9.80 Å². The van der Waals surface area contributed by atoms with E-state index in [1.165, 1.54) is 9.75 Å². The molecule has 33 heavy (non-hydrogen) atoms. The highest BCUT2D eigenvalue weighted by Crippen LogP contribution is 2.41. The maximum absolute atomic E-state index is 13.8. The Morgan fingerprint density at radius 2 is 1.48 bits per heavy atom. The van der Waals surface area contributed by atoms with Crippen molar-refractivity contribution in [3.8, 4) is 0 Å². The van der Waals surface area contributed by atoms with Crippen LogP contribution in [0.15, 0.2) is 36.4 Å². The molecule has 0 spiro atoms. The summed E-state index contributed by atoms with van der Waals surface area (Å²) in [5.41, 5.74) is 0. The van der Waals surface area contributed by atoms with Gasteiger partial charge in [0.05, 0.1) is 0 Å². The molecule has 0 aromatic carbocycles. The zero-order chi connectivity index (χ0) is 24.1. The van der Waals surface area contributed by atoms with Crippen LogP contribution in [0.4, 0.5) is 10.0 Å². The number of amides is 2. The molecule has 0 aliphatic carbocycles. The molecular weight excluding hydrogens is 450 g/mol. The van der Waals surface area contributed by atoms with Crippen LogP contribution in [0.25, 0.3) is 0 Å². The van der Waals surface area contributed by atoms with Gasteiger partial charge in [-0.1, -0.05) is 33.8 Å². The molecule has 0 N–H and O–H groups in total. The van der Waals surface area contributed by atoms with Gasteiger partial charge in [0.15, 0.2) is 0 Å². The number of thiophene rings is 2. The summed E-state index contributed by atoms with van der Waals surface area (Å²) >= 11 is 3.41. The van der Waals surface area contributed by atoms with Gasteiger partial charge in [0, 0.05) is 41.4 Å². The van der Waals surface area contributed by atoms with Crippen LogP contribution in [-0.2, 0) is 9.59 Å². The molecule has 3 heterocycles. The van der Waals surface area contributed by atoms with E-state index in [0.717, 1.165) is 16.5 Å². The molecule has 0 atom stereocenters. The fourth-order valence-corrected chi connectivity index (χ4v) is 5.99. The van der Waals surface area contributed by atoms with Crippen molar-refractivity contribution in [2.75, 3.05) is 38.6 Å². The topological polar surface area (TPSA) is 43.9 Å². The summed E-state index contributed by atoms with van der Waals surface area (Å²) in [6.07, 6.45) is 4.96. The zero-order valence-corrected chi connectivity index (χ0v) is 22.3. The Kier molecular flexibility index (Phi) is 8.90. The minimum absolute atomic E-state index is 0.0410. The Hall–Kier alpha value is -1.96. The van der Waals surface area contributed by atoms with Crippen LogP contribution in [0.3, 0.4) is 0 Å². The summed E-state index contributed by atoms with van der Waals surface area (Å²) in [7, 11) is 3.96. The first-order valence-corrected chi connectivity index (χ1v) is 13.4. The molecule has 2 aromatic heterocycles. The SMILES string of the molecule is CC(C)c1ccc(N(C(=O)C2CCN(C(=O)/C=C/CN(C)C)CC2)c2ccc(C(C)C)s2)s1. The Bertz CT molecular complexity index is 920. The van der Waals surface area contributed by atoms with Gasteiger partial charge < -0.3 is 9.80 Å². The van der Waals surface area contributed by atoms with Crippen molar-refractivity contribution >= 4 is 44.5 Å². The molecule has 1 saturated heterocycles. The van der Waals surface area contributed by atoms with E-state index in [0.29, 0.717) is 37.8 Å². The maximum atomic E-state index is 13.8. The summed E-state index contributed by atoms with van der Waals surface area (Å²) in [5.74, 6) is 0.989. The number of carbonyl (C=O) groups excluding carboxylic acids is 2. The van der Waals surface area contributed by atoms with E-state index in [1.54, 1.807) is 28.7 Å². The molecule has 2 amide bonds. The molecule has 0 bridgehead atoms. The lowest BCUT2D eigenvalue weighted by molar-refractivity contribution is -0.130. The van der Waals surface area contributed by atoms with Crippen molar-refractivity contribution in [1.29, 1.82) is 0 Å². The Balaban J connectivity index is 1.75. The quantitative estimate of drug-likeness (QED) is 0.424. The molecule has 0 saturated carbocycles. The van der Waals surface area contributed by atoms with Crippen LogP contribution in [0, 0.1) is 5.92 Å². The first kappa shape index (κ1) is 25.7. The van der Waals surface area contributed by atoms with E-state index in [2.05, 4.69) is 52.0 Å². The highest BCUT2D eigenvalue weighted by Gasteiger charge is 2.32. The summed E-state index contributed by atoms with van der Waals surface area (Å²) in [6, 6.07) is 8.45. The second-order valence-corrected chi connectivity index (χ2v) is 11.8. The van der Waals surface area contributed by atoms with Crippen LogP contribution in [0.1, 0.15) is 62.1 Å². The van der Waals surface area contributed by atoms with Gasteiger partial charge in [0.1, 0.15) is 10.0 Å². The van der Waals surface area contributed by atoms with E-state index < -0.39 is 0 Å². The lowest BCUT2D eigenvalue weighted by Crippen LogP contribution is -2.42. The number of anilines is 2. The van der Waals surface area contributed by atoms with Crippen LogP contribution < -0.4 is 4.90 Å². The lowest BCUT2D eigenvalue weighted by atomic mass is 9.95. The van der Waals surface area contributed by atoms with Gasteiger partial charge in [-0.15, -0.1) is 22.7 Å². The van der Waals surface area contributed by atoms with Gasteiger partial charge >= 0.3 is 0 Å². The van der Waals surface area contributed by atoms with Crippen molar-refractivity contribution in [2.24, 2.45) is 5.92 Å². The molecule has 5 nitrogen and oxygen atoms in total. The van der Waals surface area contributed by atoms with Gasteiger partial charge in [-0.2, -0.15) is 0 Å². The van der Waals surface area contributed by atoms with E-state index >= 15 is 0 Å². The van der Waals surface area contributed by atoms with Crippen molar-refractivity contribution in [3.63, 3.8) is 0 Å². The number of carbonyl (C=O) groups is 2. The molecule has 3 rings (SSSR count). The number of hydrogen-bond donors (Lipinski definition) is 0. The number of hydrogen-bond acceptors (Lipinski definition) is 5. The van der Waals surface area contributed by atoms with Crippen LogP contribution in [0.5, 0.6) is 0 Å². The Labute approximate surface area is 206 Å². The fourth-order valence-electron chi connectivity index (χ4n) is 3.87. The number of piperidine rings is 1. The number of likely N-dealkylation sites (N-methyl/N-ethyl adjacent to an activating group) is 1. The predicted molar refractivity (Wildman–Crippen MR) is 141 cm³/mol. The number of likely N-dealkylation sites (tertiary alicyclic amines) is 1. The third kappa shape index (κ3) is 6.55. The highest BCUT2D eigenvalue weighted by atomic mass is 32.1. The standard InChI is InChI=1S/C26H37N3O2S2/c1-18(2)21-9-11-24(32-21)29(25-12-10-22(33-25)19(3)4)26(31)20-13-16-28(17-14-20)23(30)8-7-15-27(5)6/h7-12,18-20H,13-17H2,1-6H3/b8-7+. The number of nitrogens with zero attached hydrogens (tertiary/aromatic N) is 3. The van der Waals surface area contributed by atoms with Gasteiger partial charge in [-0.3, -0.25) is 14.5 Å². The fraction of sp³-hybridized carbons (Fsp3) is 0.538. The van der Waals surface area contributed by atoms with Gasteiger partial charge in [-0.25, -0.2) is 0 Å². The van der Waals surface area contributed by atoms with E-state index in [1.807, 2.05) is 34.9 Å². The van der Waals surface area contributed by atoms with E-state index in [9.17, 15) is 9.59 Å². The second kappa shape index (κ2) is 11.4. The molecule has 0 unspecified atom stereocenters. The molecule has 1 aliphatic heterocycles. The van der Waals surface area contributed by atoms with E-state index in [4.69, 9.17) is 0 Å². The molecular formula is C26H37N3O2S2.